The monoisotopic (exact) mass is 435 g/mol. The highest BCUT2D eigenvalue weighted by atomic mass is 16.5. The van der Waals surface area contributed by atoms with E-state index >= 15 is 0 Å². The van der Waals surface area contributed by atoms with E-state index < -0.39 is 11.9 Å². The van der Waals surface area contributed by atoms with Gasteiger partial charge in [0.1, 0.15) is 0 Å². The van der Waals surface area contributed by atoms with E-state index in [1.807, 2.05) is 18.2 Å². The first-order valence-corrected chi connectivity index (χ1v) is 11.2. The number of nitrogens with one attached hydrogen (secondary N) is 1. The Morgan fingerprint density at radius 1 is 1.09 bits per heavy atom. The fourth-order valence-electron chi connectivity index (χ4n) is 4.95. The zero-order valence-electron chi connectivity index (χ0n) is 18.3. The van der Waals surface area contributed by atoms with Gasteiger partial charge in [0, 0.05) is 6.08 Å². The third kappa shape index (κ3) is 5.13. The summed E-state index contributed by atoms with van der Waals surface area (Å²) in [4.78, 5) is 23.6. The second-order valence-corrected chi connectivity index (χ2v) is 8.67. The van der Waals surface area contributed by atoms with E-state index in [1.165, 1.54) is 44.2 Å². The lowest BCUT2D eigenvalue weighted by atomic mass is 9.65. The molecule has 32 heavy (non-hydrogen) atoms. The molecule has 6 nitrogen and oxygen atoms in total. The molecule has 5 rings (SSSR count). The molecule has 6 heteroatoms. The predicted octanol–water partition coefficient (Wildman–Crippen LogP) is 5.25. The van der Waals surface area contributed by atoms with Crippen LogP contribution in [0.5, 0.6) is 11.5 Å². The van der Waals surface area contributed by atoms with Crippen LogP contribution in [0.25, 0.3) is 6.08 Å². The molecule has 0 aromatic heterocycles. The molecule has 3 saturated carbocycles. The maximum Gasteiger partial charge on any atom is 0.337 e. The number of carboxylic acids is 1. The van der Waals surface area contributed by atoms with Gasteiger partial charge < -0.3 is 19.9 Å². The summed E-state index contributed by atoms with van der Waals surface area (Å²) in [6.45, 7) is 0.720. The summed E-state index contributed by atoms with van der Waals surface area (Å²) in [5, 5.41) is 11.8. The van der Waals surface area contributed by atoms with Gasteiger partial charge in [-0.15, -0.1) is 0 Å². The largest absolute Gasteiger partial charge is 0.493 e. The molecule has 1 amide bonds. The standard InChI is InChI=1S/C26H29NO5/c1-31-24-15-18(9-13-25(28)27-22-5-3-2-4-21(22)26(29)30)8-12-23(24)32-16-20-14-17-6-10-19(20)11-7-17/h2-5,8-9,12-13,15,17,19-20H,6-7,10-11,14,16H2,1H3,(H,27,28)(H,29,30)/b13-9+. The van der Waals surface area contributed by atoms with Crippen LogP contribution in [0, 0.1) is 17.8 Å². The summed E-state index contributed by atoms with van der Waals surface area (Å²) in [5.41, 5.74) is 1.09. The molecule has 2 bridgehead atoms. The summed E-state index contributed by atoms with van der Waals surface area (Å²) in [6.07, 6.45) is 9.71. The van der Waals surface area contributed by atoms with Crippen LogP contribution in [0.3, 0.4) is 0 Å². The Bertz CT molecular complexity index is 1010. The van der Waals surface area contributed by atoms with Crippen molar-refractivity contribution >= 4 is 23.6 Å². The molecule has 2 aromatic carbocycles. The Hall–Kier alpha value is -3.28. The Morgan fingerprint density at radius 2 is 1.88 bits per heavy atom. The molecule has 168 valence electrons. The van der Waals surface area contributed by atoms with Crippen molar-refractivity contribution in [2.24, 2.45) is 17.8 Å². The average molecular weight is 436 g/mol. The van der Waals surface area contributed by atoms with Crippen LogP contribution in [0.15, 0.2) is 48.5 Å². The number of benzene rings is 2. The Labute approximate surface area is 188 Å². The van der Waals surface area contributed by atoms with E-state index in [1.54, 1.807) is 31.4 Å². The average Bonchev–Trinajstić information content (AvgIpc) is 2.82. The summed E-state index contributed by atoms with van der Waals surface area (Å²) in [6, 6.07) is 11.9. The minimum atomic E-state index is -1.09. The molecule has 0 heterocycles. The van der Waals surface area contributed by atoms with Gasteiger partial charge in [-0.2, -0.15) is 0 Å². The van der Waals surface area contributed by atoms with Crippen LogP contribution in [0.2, 0.25) is 0 Å². The van der Waals surface area contributed by atoms with E-state index in [-0.39, 0.29) is 11.3 Å². The number of carbonyl (C=O) groups is 2. The van der Waals surface area contributed by atoms with Crippen LogP contribution in [-0.2, 0) is 4.79 Å². The van der Waals surface area contributed by atoms with Gasteiger partial charge in [-0.1, -0.05) is 31.0 Å². The number of carbonyl (C=O) groups excluding carboxylic acids is 1. The molecular weight excluding hydrogens is 406 g/mol. The Balaban J connectivity index is 1.37. The van der Waals surface area contributed by atoms with Gasteiger partial charge in [0.15, 0.2) is 11.5 Å². The maximum atomic E-state index is 12.3. The van der Waals surface area contributed by atoms with Crippen LogP contribution < -0.4 is 14.8 Å². The number of anilines is 1. The number of para-hydroxylation sites is 1. The van der Waals surface area contributed by atoms with Gasteiger partial charge in [-0.25, -0.2) is 4.79 Å². The second kappa shape index (κ2) is 9.90. The Morgan fingerprint density at radius 3 is 2.56 bits per heavy atom. The summed E-state index contributed by atoms with van der Waals surface area (Å²) >= 11 is 0. The number of hydrogen-bond acceptors (Lipinski definition) is 4. The summed E-state index contributed by atoms with van der Waals surface area (Å²) < 4.78 is 11.6. The van der Waals surface area contributed by atoms with Crippen LogP contribution >= 0.6 is 0 Å². The molecule has 3 fully saturated rings. The quantitative estimate of drug-likeness (QED) is 0.553. The van der Waals surface area contributed by atoms with Crippen LogP contribution in [0.4, 0.5) is 5.69 Å². The van der Waals surface area contributed by atoms with Crippen molar-refractivity contribution in [1.82, 2.24) is 0 Å². The Kier molecular flexibility index (Phi) is 6.78. The van der Waals surface area contributed by atoms with Crippen molar-refractivity contribution in [3.8, 4) is 11.5 Å². The van der Waals surface area contributed by atoms with E-state index in [9.17, 15) is 14.7 Å². The first-order chi connectivity index (χ1) is 15.5. The molecule has 2 N–H and O–H groups in total. The molecule has 0 saturated heterocycles. The number of amides is 1. The van der Waals surface area contributed by atoms with E-state index in [0.717, 1.165) is 24.0 Å². The number of fused-ring (bicyclic) bond motifs is 3. The van der Waals surface area contributed by atoms with Crippen molar-refractivity contribution < 1.29 is 24.2 Å². The van der Waals surface area contributed by atoms with Crippen molar-refractivity contribution in [2.45, 2.75) is 32.1 Å². The first-order valence-electron chi connectivity index (χ1n) is 11.2. The molecule has 3 aliphatic carbocycles. The molecule has 3 aliphatic rings. The van der Waals surface area contributed by atoms with Gasteiger partial charge in [0.2, 0.25) is 5.91 Å². The highest BCUT2D eigenvalue weighted by Gasteiger charge is 2.35. The fraction of sp³-hybridized carbons (Fsp3) is 0.385. The topological polar surface area (TPSA) is 84.9 Å². The van der Waals surface area contributed by atoms with E-state index in [0.29, 0.717) is 17.4 Å². The van der Waals surface area contributed by atoms with Gasteiger partial charge in [-0.05, 0) is 72.9 Å². The van der Waals surface area contributed by atoms with E-state index in [4.69, 9.17) is 9.47 Å². The van der Waals surface area contributed by atoms with E-state index in [2.05, 4.69) is 5.32 Å². The van der Waals surface area contributed by atoms with Crippen LogP contribution in [0.1, 0.15) is 48.0 Å². The minimum Gasteiger partial charge on any atom is -0.493 e. The van der Waals surface area contributed by atoms with Gasteiger partial charge >= 0.3 is 5.97 Å². The molecular formula is C26H29NO5. The third-order valence-electron chi connectivity index (χ3n) is 6.68. The van der Waals surface area contributed by atoms with Gasteiger partial charge in [-0.3, -0.25) is 4.79 Å². The molecule has 0 spiro atoms. The molecule has 1 atom stereocenters. The number of methoxy groups -OCH3 is 1. The highest BCUT2D eigenvalue weighted by molar-refractivity contribution is 6.06. The SMILES string of the molecule is COc1cc(/C=C/C(=O)Nc2ccccc2C(=O)O)ccc1OCC1CC2CCC1CC2. The zero-order valence-corrected chi connectivity index (χ0v) is 18.3. The maximum absolute atomic E-state index is 12.3. The lowest BCUT2D eigenvalue weighted by molar-refractivity contribution is -0.111. The predicted molar refractivity (Wildman–Crippen MR) is 123 cm³/mol. The van der Waals surface area contributed by atoms with Crippen molar-refractivity contribution in [3.05, 3.63) is 59.7 Å². The number of aromatic carboxylic acids is 1. The summed E-state index contributed by atoms with van der Waals surface area (Å²) in [7, 11) is 1.60. The number of carboxylic acid groups (broad SMARTS) is 1. The number of hydrogen-bond donors (Lipinski definition) is 2. The third-order valence-corrected chi connectivity index (χ3v) is 6.68. The summed E-state index contributed by atoms with van der Waals surface area (Å²) in [5.74, 6) is 2.13. The fourth-order valence-corrected chi connectivity index (χ4v) is 4.95. The van der Waals surface area contributed by atoms with Gasteiger partial charge in [0.25, 0.3) is 0 Å². The lowest BCUT2D eigenvalue weighted by Gasteiger charge is -2.42. The zero-order chi connectivity index (χ0) is 22.5. The molecule has 0 radical (unpaired) electrons. The minimum absolute atomic E-state index is 0.0450. The lowest BCUT2D eigenvalue weighted by Crippen LogP contribution is -2.34. The molecule has 1 unspecified atom stereocenters. The van der Waals surface area contributed by atoms with Crippen molar-refractivity contribution in [1.29, 1.82) is 0 Å². The second-order valence-electron chi connectivity index (χ2n) is 8.67. The van der Waals surface area contributed by atoms with Crippen molar-refractivity contribution in [2.75, 3.05) is 19.0 Å². The van der Waals surface area contributed by atoms with Crippen molar-refractivity contribution in [3.63, 3.8) is 0 Å². The molecule has 2 aromatic rings. The van der Waals surface area contributed by atoms with Gasteiger partial charge in [0.05, 0.1) is 25.0 Å². The molecule has 0 aliphatic heterocycles. The highest BCUT2D eigenvalue weighted by Crippen LogP contribution is 2.45. The van der Waals surface area contributed by atoms with Crippen LogP contribution in [-0.4, -0.2) is 30.7 Å². The first kappa shape index (κ1) is 21.9. The number of ether oxygens (including phenoxy) is 2. The smallest absolute Gasteiger partial charge is 0.337 e. The normalized spacial score (nSPS) is 22.0. The number of rotatable bonds is 8.